The molecule has 2 aromatic carbocycles. The summed E-state index contributed by atoms with van der Waals surface area (Å²) in [5, 5.41) is 49.2. The van der Waals surface area contributed by atoms with Gasteiger partial charge < -0.3 is 60.9 Å². The number of rotatable bonds is 22. The number of ether oxygens (including phenoxy) is 4. The molecule has 6 aromatic rings. The summed E-state index contributed by atoms with van der Waals surface area (Å²) >= 11 is 0. The number of nitrogens with one attached hydrogen (secondary N) is 3. The SMILES string of the molecule is COc1ncc(-c2ccc3nccc(-c4ccc(COC(=O)CCCSSCC(NC(=O)COc5ccc6nccc(C(=O)NCC(=O)N7CC(F)(F)C[C@H]7C#N)c6c5)C(=O)N[C@@H]5[C@@H](O)[C@H](C)C(O)O[C@H]5CO)nc4)c3c2)cc1N. The number of pyridine rings is 4. The molecule has 0 spiro atoms. The molecule has 4 amide bonds. The Balaban J connectivity index is 0.827. The molecule has 8 N–H and O–H groups in total. The minimum atomic E-state index is -3.23. The number of esters is 1. The maximum Gasteiger partial charge on any atom is 0.306 e. The minimum Gasteiger partial charge on any atom is -0.484 e. The number of nitriles is 1. The average Bonchev–Trinajstić information content (AvgIpc) is 3.79. The second kappa shape index (κ2) is 26.4. The smallest absolute Gasteiger partial charge is 0.306 e. The number of methoxy groups -OCH3 is 1. The van der Waals surface area contributed by atoms with Crippen molar-refractivity contribution in [3.05, 3.63) is 103 Å². The van der Waals surface area contributed by atoms with Crippen LogP contribution in [0.1, 0.15) is 42.2 Å². The van der Waals surface area contributed by atoms with Crippen LogP contribution < -0.4 is 31.2 Å². The molecule has 0 radical (unpaired) electrons. The monoisotopic (exact) mass is 1140 g/mol. The Morgan fingerprint density at radius 3 is 2.44 bits per heavy atom. The maximum atomic E-state index is 13.9. The van der Waals surface area contributed by atoms with Crippen molar-refractivity contribution in [3.63, 3.8) is 0 Å². The van der Waals surface area contributed by atoms with Crippen LogP contribution in [-0.4, -0.2) is 157 Å². The van der Waals surface area contributed by atoms with E-state index >= 15 is 0 Å². The molecule has 7 atom stereocenters. The highest BCUT2D eigenvalue weighted by molar-refractivity contribution is 8.76. The summed E-state index contributed by atoms with van der Waals surface area (Å²) in [5.74, 6) is -6.72. The number of likely N-dealkylation sites (tertiary alicyclic amines) is 1. The highest BCUT2D eigenvalue weighted by atomic mass is 33.1. The topological polar surface area (TPSA) is 324 Å². The van der Waals surface area contributed by atoms with Crippen molar-refractivity contribution in [1.29, 1.82) is 5.26 Å². The number of nitrogens with zero attached hydrogens (tertiary/aromatic N) is 6. The zero-order valence-electron chi connectivity index (χ0n) is 43.1. The Labute approximate surface area is 464 Å². The van der Waals surface area contributed by atoms with E-state index in [4.69, 9.17) is 24.7 Å². The summed E-state index contributed by atoms with van der Waals surface area (Å²) in [6.45, 7) is -1.42. The Hall–Kier alpha value is -7.80. The number of benzene rings is 2. The summed E-state index contributed by atoms with van der Waals surface area (Å²) < 4.78 is 49.8. The molecule has 420 valence electrons. The zero-order chi connectivity index (χ0) is 57.1. The number of nitrogens with two attached hydrogens (primary N) is 1. The maximum absolute atomic E-state index is 13.9. The second-order valence-electron chi connectivity index (χ2n) is 18.8. The number of amides is 4. The van der Waals surface area contributed by atoms with Crippen molar-refractivity contribution in [2.24, 2.45) is 5.92 Å². The molecule has 80 heavy (non-hydrogen) atoms. The van der Waals surface area contributed by atoms with Crippen molar-refractivity contribution in [2.45, 2.75) is 75.3 Å². The molecule has 0 saturated carbocycles. The first kappa shape index (κ1) is 58.4. The molecule has 2 unspecified atom stereocenters. The number of alkyl halides is 2. The molecule has 2 saturated heterocycles. The number of anilines is 1. The van der Waals surface area contributed by atoms with Crippen LogP contribution in [0.4, 0.5) is 14.5 Å². The number of carbonyl (C=O) groups is 5. The van der Waals surface area contributed by atoms with E-state index < -0.39 is 111 Å². The summed E-state index contributed by atoms with van der Waals surface area (Å²) in [7, 11) is 4.06. The number of halogens is 2. The fourth-order valence-corrected chi connectivity index (χ4v) is 11.2. The van der Waals surface area contributed by atoms with Gasteiger partial charge in [-0.3, -0.25) is 38.9 Å². The van der Waals surface area contributed by atoms with Crippen LogP contribution in [0.2, 0.25) is 0 Å². The lowest BCUT2D eigenvalue weighted by molar-refractivity contribution is -0.238. The van der Waals surface area contributed by atoms with Gasteiger partial charge in [0.25, 0.3) is 17.7 Å². The van der Waals surface area contributed by atoms with Crippen molar-refractivity contribution < 1.29 is 67.0 Å². The lowest BCUT2D eigenvalue weighted by Crippen LogP contribution is -2.64. The fraction of sp³-hybridized carbons (Fsp3) is 0.370. The van der Waals surface area contributed by atoms with Gasteiger partial charge in [-0.15, -0.1) is 0 Å². The lowest BCUT2D eigenvalue weighted by Gasteiger charge is -2.41. The van der Waals surface area contributed by atoms with Crippen LogP contribution in [0.15, 0.2) is 91.5 Å². The molecule has 2 aliphatic rings. The van der Waals surface area contributed by atoms with E-state index in [1.165, 1.54) is 66.1 Å². The fourth-order valence-electron chi connectivity index (χ4n) is 8.95. The predicted molar refractivity (Wildman–Crippen MR) is 290 cm³/mol. The van der Waals surface area contributed by atoms with Crippen molar-refractivity contribution in [1.82, 2.24) is 40.8 Å². The van der Waals surface area contributed by atoms with Crippen LogP contribution >= 0.6 is 21.6 Å². The molecule has 8 rings (SSSR count). The summed E-state index contributed by atoms with van der Waals surface area (Å²) in [6, 6.07) is 17.0. The van der Waals surface area contributed by atoms with Gasteiger partial charge in [-0.2, -0.15) is 5.26 Å². The van der Waals surface area contributed by atoms with E-state index in [1.54, 1.807) is 36.8 Å². The van der Waals surface area contributed by atoms with Gasteiger partial charge in [-0.1, -0.05) is 40.6 Å². The first-order valence-electron chi connectivity index (χ1n) is 25.1. The van der Waals surface area contributed by atoms with E-state index in [0.717, 1.165) is 38.1 Å². The Morgan fingerprint density at radius 2 is 1.70 bits per heavy atom. The number of fused-ring (bicyclic) bond motifs is 2. The van der Waals surface area contributed by atoms with Gasteiger partial charge in [0, 0.05) is 77.0 Å². The summed E-state index contributed by atoms with van der Waals surface area (Å²) in [4.78, 5) is 84.4. The van der Waals surface area contributed by atoms with Gasteiger partial charge in [0.1, 0.15) is 30.5 Å². The number of carbonyl (C=O) groups excluding carboxylic acids is 5. The molecule has 22 nitrogen and oxygen atoms in total. The third-order valence-electron chi connectivity index (χ3n) is 13.3. The predicted octanol–water partition coefficient (Wildman–Crippen LogP) is 3.95. The molecular formula is C54H56F2N10O12S2. The van der Waals surface area contributed by atoms with E-state index in [1.807, 2.05) is 30.3 Å². The van der Waals surface area contributed by atoms with Crippen LogP contribution in [0, 0.1) is 17.2 Å². The Kier molecular flexibility index (Phi) is 19.3. The number of aliphatic hydroxyl groups excluding tert-OH is 3. The second-order valence-corrected chi connectivity index (χ2v) is 21.4. The zero-order valence-corrected chi connectivity index (χ0v) is 44.8. The molecule has 0 bridgehead atoms. The molecule has 0 aliphatic carbocycles. The van der Waals surface area contributed by atoms with Crippen LogP contribution in [0.25, 0.3) is 44.1 Å². The van der Waals surface area contributed by atoms with Crippen LogP contribution in [0.5, 0.6) is 11.6 Å². The summed E-state index contributed by atoms with van der Waals surface area (Å²) in [5.41, 5.74) is 11.7. The Bertz CT molecular complexity index is 3290. The van der Waals surface area contributed by atoms with E-state index in [2.05, 4.69) is 35.9 Å². The molecular weight excluding hydrogens is 1080 g/mol. The third kappa shape index (κ3) is 14.3. The van der Waals surface area contributed by atoms with E-state index in [0.29, 0.717) is 35.0 Å². The van der Waals surface area contributed by atoms with Crippen molar-refractivity contribution in [2.75, 3.05) is 50.7 Å². The van der Waals surface area contributed by atoms with Gasteiger partial charge in [-0.05, 0) is 72.1 Å². The van der Waals surface area contributed by atoms with Crippen LogP contribution in [-0.2, 0) is 35.3 Å². The number of aliphatic hydroxyl groups is 3. The number of aromatic nitrogens is 4. The van der Waals surface area contributed by atoms with Gasteiger partial charge in [0.2, 0.25) is 17.7 Å². The van der Waals surface area contributed by atoms with Gasteiger partial charge in [-0.25, -0.2) is 13.8 Å². The van der Waals surface area contributed by atoms with Crippen molar-refractivity contribution in [3.8, 4) is 40.0 Å². The van der Waals surface area contributed by atoms with Gasteiger partial charge in [0.05, 0.1) is 73.0 Å². The average molecular weight is 1140 g/mol. The molecule has 4 aromatic heterocycles. The summed E-state index contributed by atoms with van der Waals surface area (Å²) in [6.07, 6.45) is 2.24. The normalized spacial score (nSPS) is 19.9. The Morgan fingerprint density at radius 1 is 0.950 bits per heavy atom. The van der Waals surface area contributed by atoms with Gasteiger partial charge >= 0.3 is 5.97 Å². The molecule has 2 aliphatic heterocycles. The first-order chi connectivity index (χ1) is 38.4. The van der Waals surface area contributed by atoms with Crippen molar-refractivity contribution >= 4 is 78.7 Å². The molecule has 2 fully saturated rings. The van der Waals surface area contributed by atoms with Crippen LogP contribution in [0.3, 0.4) is 0 Å². The van der Waals surface area contributed by atoms with E-state index in [9.17, 15) is 53.3 Å². The highest BCUT2D eigenvalue weighted by Gasteiger charge is 2.47. The van der Waals surface area contributed by atoms with Gasteiger partial charge in [0.15, 0.2) is 12.9 Å². The standard InChI is InChI=1S/C54H56F2N10O12S2/c1-29-49(71)48(44(24-67)78-53(29)74)65-51(73)43(64-45(68)26-76-35-8-10-42-39(18-35)37(12-14-60-42)50(72)62-23-46(69)66-28-54(55,56)19-34(66)20-57)27-80-79-15-3-4-47(70)77-25-33-7-5-31(21-61-33)36-11-13-59-41-9-6-30(16-38(36)41)32-17-40(58)52(75-2)63-22-32/h5-14,16-18,21-22,29,34,43-44,48-49,53,67,71,74H,3-4,15,19,23-28,58H2,1-2H3,(H,62,72)(H,64,68)(H,65,73)/t29-,34-,43?,44-,48-,49-,53?/m0/s1. The third-order valence-corrected chi connectivity index (χ3v) is 15.8. The largest absolute Gasteiger partial charge is 0.484 e. The quantitative estimate of drug-likeness (QED) is 0.0287. The molecule has 6 heterocycles. The van der Waals surface area contributed by atoms with E-state index in [-0.39, 0.29) is 35.5 Å². The lowest BCUT2D eigenvalue weighted by atomic mass is 9.90. The number of hydrogen-bond acceptors (Lipinski definition) is 20. The number of nitrogen functional groups attached to an aromatic ring is 1. The number of hydrogen-bond donors (Lipinski definition) is 7. The minimum absolute atomic E-state index is 0.00824. The highest BCUT2D eigenvalue weighted by Crippen LogP contribution is 2.34. The first-order valence-corrected chi connectivity index (χ1v) is 27.6. The molecule has 26 heteroatoms.